The molecule has 3 aromatic carbocycles. The number of nitrogens with one attached hydrogen (secondary N) is 1. The van der Waals surface area contributed by atoms with Crippen LogP contribution in [0, 0.1) is 0 Å². The number of nitrogens with zero attached hydrogens (tertiary/aromatic N) is 2. The van der Waals surface area contributed by atoms with Gasteiger partial charge in [-0.1, -0.05) is 48.9 Å². The molecule has 0 aliphatic carbocycles. The van der Waals surface area contributed by atoms with Crippen LogP contribution in [0.15, 0.2) is 77.7 Å². The maximum atomic E-state index is 14.0. The Morgan fingerprint density at radius 2 is 1.57 bits per heavy atom. The van der Waals surface area contributed by atoms with E-state index in [9.17, 15) is 18.0 Å². The lowest BCUT2D eigenvalue weighted by Gasteiger charge is -2.33. The van der Waals surface area contributed by atoms with Crippen molar-refractivity contribution in [3.8, 4) is 11.5 Å². The van der Waals surface area contributed by atoms with Gasteiger partial charge in [0, 0.05) is 24.2 Å². The first kappa shape index (κ1) is 30.8. The minimum Gasteiger partial charge on any atom is -0.493 e. The van der Waals surface area contributed by atoms with E-state index in [0.29, 0.717) is 29.5 Å². The molecular weight excluding hydrogens is 554 g/mol. The monoisotopic (exact) mass is 587 g/mol. The van der Waals surface area contributed by atoms with Crippen LogP contribution in [0.1, 0.15) is 25.8 Å². The summed E-state index contributed by atoms with van der Waals surface area (Å²) in [5.74, 6) is -0.174. The molecule has 0 heterocycles. The second-order valence-electron chi connectivity index (χ2n) is 8.83. The van der Waals surface area contributed by atoms with Crippen LogP contribution in [0.2, 0.25) is 5.02 Å². The molecule has 0 bridgehead atoms. The van der Waals surface area contributed by atoms with Gasteiger partial charge in [-0.25, -0.2) is 8.42 Å². The summed E-state index contributed by atoms with van der Waals surface area (Å²) < 4.78 is 39.5. The molecule has 0 aliphatic rings. The number of carbonyl (C=O) groups excluding carboxylic acids is 2. The fourth-order valence-electron chi connectivity index (χ4n) is 4.23. The molecule has 0 saturated heterocycles. The second kappa shape index (κ2) is 14.0. The summed E-state index contributed by atoms with van der Waals surface area (Å²) in [6.07, 6.45) is 0.326. The molecule has 0 fully saturated rings. The number of hydrogen-bond acceptors (Lipinski definition) is 6. The number of hydrogen-bond donors (Lipinski definition) is 1. The molecule has 0 spiro atoms. The highest BCUT2D eigenvalue weighted by Crippen LogP contribution is 2.34. The first-order valence-corrected chi connectivity index (χ1v) is 14.6. The van der Waals surface area contributed by atoms with E-state index in [1.807, 2.05) is 0 Å². The van der Waals surface area contributed by atoms with Crippen LogP contribution in [0.4, 0.5) is 5.69 Å². The molecule has 0 saturated carbocycles. The van der Waals surface area contributed by atoms with Gasteiger partial charge in [-0.3, -0.25) is 13.9 Å². The van der Waals surface area contributed by atoms with Gasteiger partial charge in [0.05, 0.1) is 24.8 Å². The van der Waals surface area contributed by atoms with Gasteiger partial charge in [-0.2, -0.15) is 0 Å². The second-order valence-corrected chi connectivity index (χ2v) is 11.1. The number of halogens is 1. The highest BCUT2D eigenvalue weighted by molar-refractivity contribution is 7.92. The Kier molecular flexibility index (Phi) is 10.8. The van der Waals surface area contributed by atoms with E-state index in [1.165, 1.54) is 37.3 Å². The van der Waals surface area contributed by atoms with Crippen molar-refractivity contribution in [2.75, 3.05) is 31.6 Å². The van der Waals surface area contributed by atoms with Gasteiger partial charge >= 0.3 is 0 Å². The first-order chi connectivity index (χ1) is 19.2. The predicted octanol–water partition coefficient (Wildman–Crippen LogP) is 4.50. The van der Waals surface area contributed by atoms with E-state index in [-0.39, 0.29) is 23.0 Å². The Bertz CT molecular complexity index is 1400. The third-order valence-electron chi connectivity index (χ3n) is 6.27. The fourth-order valence-corrected chi connectivity index (χ4v) is 5.78. The van der Waals surface area contributed by atoms with Crippen molar-refractivity contribution < 1.29 is 27.5 Å². The zero-order chi connectivity index (χ0) is 29.3. The fraction of sp³-hybridized carbons (Fsp3) is 0.310. The molecule has 3 rings (SSSR count). The zero-order valence-electron chi connectivity index (χ0n) is 23.0. The number of ether oxygens (including phenoxy) is 2. The molecule has 0 radical (unpaired) electrons. The van der Waals surface area contributed by atoms with E-state index in [0.717, 1.165) is 9.87 Å². The maximum absolute atomic E-state index is 14.0. The summed E-state index contributed by atoms with van der Waals surface area (Å²) in [5.41, 5.74) is 0.941. The Balaban J connectivity index is 2.10. The van der Waals surface area contributed by atoms with Crippen molar-refractivity contribution in [1.29, 1.82) is 0 Å². The van der Waals surface area contributed by atoms with E-state index < -0.39 is 28.5 Å². The molecule has 1 atom stereocenters. The van der Waals surface area contributed by atoms with Crippen molar-refractivity contribution in [2.45, 2.75) is 37.8 Å². The number of sulfonamides is 1. The van der Waals surface area contributed by atoms with Crippen LogP contribution in [0.3, 0.4) is 0 Å². The molecule has 0 aliphatic heterocycles. The smallest absolute Gasteiger partial charge is 0.264 e. The van der Waals surface area contributed by atoms with Crippen LogP contribution in [0.25, 0.3) is 0 Å². The van der Waals surface area contributed by atoms with Crippen molar-refractivity contribution >= 4 is 39.1 Å². The average molecular weight is 588 g/mol. The zero-order valence-corrected chi connectivity index (χ0v) is 24.5. The molecule has 2 amide bonds. The van der Waals surface area contributed by atoms with E-state index >= 15 is 0 Å². The Morgan fingerprint density at radius 1 is 0.925 bits per heavy atom. The number of amides is 2. The first-order valence-electron chi connectivity index (χ1n) is 12.8. The normalized spacial score (nSPS) is 11.8. The van der Waals surface area contributed by atoms with Crippen LogP contribution in [-0.2, 0) is 26.2 Å². The molecule has 1 N–H and O–H groups in total. The van der Waals surface area contributed by atoms with E-state index in [1.54, 1.807) is 68.4 Å². The summed E-state index contributed by atoms with van der Waals surface area (Å²) in [5, 5.41) is 3.31. The van der Waals surface area contributed by atoms with Crippen molar-refractivity contribution in [2.24, 2.45) is 0 Å². The number of anilines is 1. The summed E-state index contributed by atoms with van der Waals surface area (Å²) in [6.45, 7) is 3.50. The lowest BCUT2D eigenvalue weighted by Crippen LogP contribution is -2.52. The highest BCUT2D eigenvalue weighted by Gasteiger charge is 2.33. The topological polar surface area (TPSA) is 105 Å². The maximum Gasteiger partial charge on any atom is 0.264 e. The number of rotatable bonds is 13. The minimum atomic E-state index is -4.20. The molecular formula is C29H34ClN3O6S. The predicted molar refractivity (Wildman–Crippen MR) is 155 cm³/mol. The molecule has 11 heteroatoms. The van der Waals surface area contributed by atoms with Crippen LogP contribution >= 0.6 is 11.6 Å². The number of benzene rings is 3. The summed E-state index contributed by atoms with van der Waals surface area (Å²) in [4.78, 5) is 28.4. The van der Waals surface area contributed by atoms with Crippen molar-refractivity contribution in [3.63, 3.8) is 0 Å². The van der Waals surface area contributed by atoms with Gasteiger partial charge in [0.2, 0.25) is 11.8 Å². The molecule has 40 heavy (non-hydrogen) atoms. The third-order valence-corrected chi connectivity index (χ3v) is 8.31. The molecule has 0 unspecified atom stereocenters. The number of carbonyl (C=O) groups is 2. The molecule has 214 valence electrons. The van der Waals surface area contributed by atoms with Gasteiger partial charge in [0.1, 0.15) is 12.6 Å². The summed E-state index contributed by atoms with van der Waals surface area (Å²) in [7, 11) is -1.29. The van der Waals surface area contributed by atoms with Gasteiger partial charge in [-0.05, 0) is 55.3 Å². The van der Waals surface area contributed by atoms with Crippen LogP contribution in [-0.4, -0.2) is 58.5 Å². The van der Waals surface area contributed by atoms with Crippen LogP contribution in [0.5, 0.6) is 11.5 Å². The SMILES string of the molecule is CCNC(=O)[C@H](CC)N(Cc1ccc(Cl)cc1)C(=O)CN(c1ccc(OC)c(OC)c1)S(=O)(=O)c1ccccc1. The lowest BCUT2D eigenvalue weighted by molar-refractivity contribution is -0.140. The average Bonchev–Trinajstić information content (AvgIpc) is 2.96. The van der Waals surface area contributed by atoms with E-state index in [2.05, 4.69) is 5.32 Å². The third kappa shape index (κ3) is 7.25. The molecule has 0 aromatic heterocycles. The van der Waals surface area contributed by atoms with Crippen molar-refractivity contribution in [3.05, 3.63) is 83.4 Å². The highest BCUT2D eigenvalue weighted by atomic mass is 35.5. The largest absolute Gasteiger partial charge is 0.493 e. The standard InChI is InChI=1S/C29H34ClN3O6S/c1-5-25(29(35)31-6-2)32(19-21-12-14-22(30)15-13-21)28(34)20-33(40(36,37)24-10-8-7-9-11-24)23-16-17-26(38-3)27(18-23)39-4/h7-18,25H,5-6,19-20H2,1-4H3,(H,31,35)/t25-/m0/s1. The number of likely N-dealkylation sites (N-methyl/N-ethyl adjacent to an activating group) is 1. The summed E-state index contributed by atoms with van der Waals surface area (Å²) >= 11 is 6.05. The van der Waals surface area contributed by atoms with E-state index in [4.69, 9.17) is 21.1 Å². The molecule has 3 aromatic rings. The quantitative estimate of drug-likeness (QED) is 0.316. The van der Waals surface area contributed by atoms with Crippen molar-refractivity contribution in [1.82, 2.24) is 10.2 Å². The van der Waals surface area contributed by atoms with Gasteiger partial charge in [-0.15, -0.1) is 0 Å². The van der Waals surface area contributed by atoms with Gasteiger partial charge < -0.3 is 19.7 Å². The Morgan fingerprint density at radius 3 is 2.15 bits per heavy atom. The Labute approximate surface area is 240 Å². The minimum absolute atomic E-state index is 0.0117. The van der Waals surface area contributed by atoms with Gasteiger partial charge in [0.25, 0.3) is 10.0 Å². The Hall–Kier alpha value is -3.76. The van der Waals surface area contributed by atoms with Crippen LogP contribution < -0.4 is 19.1 Å². The lowest BCUT2D eigenvalue weighted by atomic mass is 10.1. The molecule has 9 nitrogen and oxygen atoms in total. The number of methoxy groups -OCH3 is 2. The summed E-state index contributed by atoms with van der Waals surface area (Å²) in [6, 6.07) is 18.5. The van der Waals surface area contributed by atoms with Gasteiger partial charge in [0.15, 0.2) is 11.5 Å².